The summed E-state index contributed by atoms with van der Waals surface area (Å²) in [6, 6.07) is 11.3. The summed E-state index contributed by atoms with van der Waals surface area (Å²) in [7, 11) is 0. The standard InChI is InChI=1S/C21H27N5O3/c1-4-26(17-9-7-6-8-10-17)19(27)18-15-16(3)22-20(23-18)24-11-13-25(14-12-24)21(28)29-5-2/h6-10,15H,4-5,11-14H2,1-3H3. The highest BCUT2D eigenvalue weighted by atomic mass is 16.6. The molecule has 1 aliphatic rings. The summed E-state index contributed by atoms with van der Waals surface area (Å²) >= 11 is 0. The fourth-order valence-corrected chi connectivity index (χ4v) is 3.30. The number of piperazine rings is 1. The largest absolute Gasteiger partial charge is 0.450 e. The molecule has 1 aromatic heterocycles. The molecule has 8 heteroatoms. The van der Waals surface area contributed by atoms with Crippen molar-refractivity contribution in [2.75, 3.05) is 49.1 Å². The Morgan fingerprint density at radius 2 is 1.76 bits per heavy atom. The fourth-order valence-electron chi connectivity index (χ4n) is 3.30. The number of rotatable bonds is 5. The van der Waals surface area contributed by atoms with Gasteiger partial charge in [-0.05, 0) is 39.0 Å². The number of carbonyl (C=O) groups is 2. The van der Waals surface area contributed by atoms with Gasteiger partial charge in [0.2, 0.25) is 5.95 Å². The van der Waals surface area contributed by atoms with E-state index in [9.17, 15) is 9.59 Å². The van der Waals surface area contributed by atoms with Gasteiger partial charge in [-0.3, -0.25) is 4.79 Å². The number of aromatic nitrogens is 2. The maximum atomic E-state index is 13.1. The first-order chi connectivity index (χ1) is 14.0. The van der Waals surface area contributed by atoms with E-state index in [4.69, 9.17) is 4.74 Å². The molecule has 0 saturated carbocycles. The summed E-state index contributed by atoms with van der Waals surface area (Å²) < 4.78 is 5.06. The average Bonchev–Trinajstić information content (AvgIpc) is 2.75. The predicted molar refractivity (Wildman–Crippen MR) is 111 cm³/mol. The second-order valence-electron chi connectivity index (χ2n) is 6.75. The number of amides is 2. The first-order valence-electron chi connectivity index (χ1n) is 9.92. The first kappa shape index (κ1) is 20.6. The molecular weight excluding hydrogens is 370 g/mol. The normalized spacial score (nSPS) is 13.9. The number of carbonyl (C=O) groups excluding carboxylic acids is 2. The molecule has 2 aromatic rings. The zero-order chi connectivity index (χ0) is 20.8. The summed E-state index contributed by atoms with van der Waals surface area (Å²) in [5.74, 6) is 0.358. The van der Waals surface area contributed by atoms with Gasteiger partial charge < -0.3 is 19.4 Å². The van der Waals surface area contributed by atoms with Gasteiger partial charge in [0.25, 0.3) is 5.91 Å². The molecule has 0 atom stereocenters. The zero-order valence-corrected chi connectivity index (χ0v) is 17.2. The smallest absolute Gasteiger partial charge is 0.409 e. The Labute approximate surface area is 171 Å². The number of hydrogen-bond donors (Lipinski definition) is 0. The van der Waals surface area contributed by atoms with E-state index in [0.717, 1.165) is 11.4 Å². The van der Waals surface area contributed by atoms with Crippen molar-refractivity contribution in [3.05, 3.63) is 47.8 Å². The van der Waals surface area contributed by atoms with E-state index in [-0.39, 0.29) is 12.0 Å². The average molecular weight is 397 g/mol. The number of nitrogens with zero attached hydrogens (tertiary/aromatic N) is 5. The summed E-state index contributed by atoms with van der Waals surface area (Å²) in [5, 5.41) is 0. The molecule has 0 radical (unpaired) electrons. The molecule has 1 fully saturated rings. The van der Waals surface area contributed by atoms with E-state index in [1.54, 1.807) is 22.8 Å². The van der Waals surface area contributed by atoms with Crippen LogP contribution >= 0.6 is 0 Å². The van der Waals surface area contributed by atoms with Crippen molar-refractivity contribution in [1.82, 2.24) is 14.9 Å². The Kier molecular flexibility index (Phi) is 6.64. The van der Waals surface area contributed by atoms with Gasteiger partial charge in [0.1, 0.15) is 5.69 Å². The second kappa shape index (κ2) is 9.36. The number of benzene rings is 1. The second-order valence-corrected chi connectivity index (χ2v) is 6.75. The molecule has 3 rings (SSSR count). The van der Waals surface area contributed by atoms with Gasteiger partial charge in [0.15, 0.2) is 0 Å². The van der Waals surface area contributed by atoms with Crippen LogP contribution in [0.5, 0.6) is 0 Å². The third kappa shape index (κ3) is 4.82. The van der Waals surface area contributed by atoms with Crippen LogP contribution in [0.2, 0.25) is 0 Å². The molecule has 29 heavy (non-hydrogen) atoms. The lowest BCUT2D eigenvalue weighted by molar-refractivity contribution is 0.0983. The van der Waals surface area contributed by atoms with E-state index < -0.39 is 0 Å². The van der Waals surface area contributed by atoms with Crippen LogP contribution in [0.4, 0.5) is 16.4 Å². The minimum absolute atomic E-state index is 0.157. The van der Waals surface area contributed by atoms with Crippen molar-refractivity contribution in [3.8, 4) is 0 Å². The van der Waals surface area contributed by atoms with E-state index >= 15 is 0 Å². The van der Waals surface area contributed by atoms with Gasteiger partial charge >= 0.3 is 6.09 Å². The summed E-state index contributed by atoms with van der Waals surface area (Å²) in [6.07, 6.45) is -0.297. The van der Waals surface area contributed by atoms with E-state index in [1.165, 1.54) is 0 Å². The van der Waals surface area contributed by atoms with Crippen LogP contribution < -0.4 is 9.80 Å². The summed E-state index contributed by atoms with van der Waals surface area (Å²) in [5.41, 5.74) is 1.93. The number of para-hydroxylation sites is 1. The van der Waals surface area contributed by atoms with Crippen LogP contribution in [0, 0.1) is 6.92 Å². The minimum atomic E-state index is -0.297. The number of ether oxygens (including phenoxy) is 1. The lowest BCUT2D eigenvalue weighted by Crippen LogP contribution is -2.49. The monoisotopic (exact) mass is 397 g/mol. The number of hydrogen-bond acceptors (Lipinski definition) is 6. The molecular formula is C21H27N5O3. The first-order valence-corrected chi connectivity index (χ1v) is 9.92. The van der Waals surface area contributed by atoms with Crippen molar-refractivity contribution in [2.24, 2.45) is 0 Å². The molecule has 0 unspecified atom stereocenters. The lowest BCUT2D eigenvalue weighted by atomic mass is 10.2. The SMILES string of the molecule is CCOC(=O)N1CCN(c2nc(C)cc(C(=O)N(CC)c3ccccc3)n2)CC1. The van der Waals surface area contributed by atoms with Gasteiger partial charge in [-0.25, -0.2) is 14.8 Å². The Morgan fingerprint density at radius 3 is 2.38 bits per heavy atom. The molecule has 2 amide bonds. The highest BCUT2D eigenvalue weighted by Gasteiger charge is 2.25. The molecule has 8 nitrogen and oxygen atoms in total. The highest BCUT2D eigenvalue weighted by Crippen LogP contribution is 2.19. The zero-order valence-electron chi connectivity index (χ0n) is 17.2. The topological polar surface area (TPSA) is 78.9 Å². The highest BCUT2D eigenvalue weighted by molar-refractivity contribution is 6.04. The van der Waals surface area contributed by atoms with Gasteiger partial charge in [0.05, 0.1) is 6.61 Å². The van der Waals surface area contributed by atoms with Crippen LogP contribution in [0.15, 0.2) is 36.4 Å². The number of aryl methyl sites for hydroxylation is 1. The van der Waals surface area contributed by atoms with E-state index in [2.05, 4.69) is 9.97 Å². The molecule has 2 heterocycles. The minimum Gasteiger partial charge on any atom is -0.450 e. The molecule has 0 spiro atoms. The maximum Gasteiger partial charge on any atom is 0.409 e. The molecule has 0 aliphatic carbocycles. The van der Waals surface area contributed by atoms with Gasteiger partial charge in [-0.2, -0.15) is 0 Å². The van der Waals surface area contributed by atoms with E-state index in [1.807, 2.05) is 49.1 Å². The summed E-state index contributed by atoms with van der Waals surface area (Å²) in [4.78, 5) is 39.4. The Morgan fingerprint density at radius 1 is 1.07 bits per heavy atom. The van der Waals surface area contributed by atoms with Crippen molar-refractivity contribution in [3.63, 3.8) is 0 Å². The van der Waals surface area contributed by atoms with Crippen LogP contribution in [0.3, 0.4) is 0 Å². The van der Waals surface area contributed by atoms with Gasteiger partial charge in [-0.1, -0.05) is 18.2 Å². The van der Waals surface area contributed by atoms with Crippen molar-refractivity contribution >= 4 is 23.6 Å². The molecule has 1 aromatic carbocycles. The van der Waals surface area contributed by atoms with Crippen LogP contribution in [-0.4, -0.2) is 66.2 Å². The summed E-state index contributed by atoms with van der Waals surface area (Å²) in [6.45, 7) is 8.74. The molecule has 154 valence electrons. The van der Waals surface area contributed by atoms with E-state index in [0.29, 0.717) is 51.0 Å². The van der Waals surface area contributed by atoms with Crippen molar-refractivity contribution in [1.29, 1.82) is 0 Å². The Hall–Kier alpha value is -3.16. The molecule has 0 bridgehead atoms. The van der Waals surface area contributed by atoms with Gasteiger partial charge in [-0.15, -0.1) is 0 Å². The third-order valence-corrected chi connectivity index (χ3v) is 4.78. The lowest BCUT2D eigenvalue weighted by Gasteiger charge is -2.34. The van der Waals surface area contributed by atoms with Crippen LogP contribution in [0.25, 0.3) is 0 Å². The van der Waals surface area contributed by atoms with Crippen LogP contribution in [0.1, 0.15) is 30.0 Å². The quantitative estimate of drug-likeness (QED) is 0.772. The van der Waals surface area contributed by atoms with Crippen LogP contribution in [-0.2, 0) is 4.74 Å². The molecule has 0 N–H and O–H groups in total. The Balaban J connectivity index is 1.76. The third-order valence-electron chi connectivity index (χ3n) is 4.78. The molecule has 1 saturated heterocycles. The molecule has 1 aliphatic heterocycles. The van der Waals surface area contributed by atoms with Crippen molar-refractivity contribution < 1.29 is 14.3 Å². The number of anilines is 2. The Bertz CT molecular complexity index is 851. The fraction of sp³-hybridized carbons (Fsp3) is 0.429. The predicted octanol–water partition coefficient (Wildman–Crippen LogP) is 2.73. The maximum absolute atomic E-state index is 13.1. The van der Waals surface area contributed by atoms with Crippen molar-refractivity contribution in [2.45, 2.75) is 20.8 Å². The van der Waals surface area contributed by atoms with Gasteiger partial charge in [0, 0.05) is 44.1 Å².